The highest BCUT2D eigenvalue weighted by atomic mass is 15.0. The molecule has 20 heavy (non-hydrogen) atoms. The lowest BCUT2D eigenvalue weighted by molar-refractivity contribution is 0.665. The van der Waals surface area contributed by atoms with Crippen molar-refractivity contribution in [2.24, 2.45) is 0 Å². The van der Waals surface area contributed by atoms with E-state index in [2.05, 4.69) is 35.2 Å². The van der Waals surface area contributed by atoms with Crippen LogP contribution < -0.4 is 5.32 Å². The Balaban J connectivity index is 2.14. The van der Waals surface area contributed by atoms with Crippen molar-refractivity contribution in [1.82, 2.24) is 15.0 Å². The van der Waals surface area contributed by atoms with Crippen LogP contribution in [0.5, 0.6) is 0 Å². The number of pyridine rings is 1. The van der Waals surface area contributed by atoms with Gasteiger partial charge in [-0.05, 0) is 50.7 Å². The van der Waals surface area contributed by atoms with Crippen LogP contribution in [0.25, 0.3) is 11.5 Å². The average molecular weight is 268 g/mol. The number of fused-ring (bicyclic) bond motifs is 1. The highest BCUT2D eigenvalue weighted by Gasteiger charge is 2.18. The number of hydrogen-bond donors (Lipinski definition) is 1. The molecule has 0 saturated heterocycles. The number of hydrogen-bond acceptors (Lipinski definition) is 4. The van der Waals surface area contributed by atoms with Crippen LogP contribution in [0.3, 0.4) is 0 Å². The van der Waals surface area contributed by atoms with Crippen LogP contribution in [-0.2, 0) is 12.8 Å². The second kappa shape index (κ2) is 5.19. The van der Waals surface area contributed by atoms with Gasteiger partial charge in [0.05, 0.1) is 0 Å². The molecule has 0 unspecified atom stereocenters. The zero-order chi connectivity index (χ0) is 14.1. The second-order valence-corrected chi connectivity index (χ2v) is 5.46. The van der Waals surface area contributed by atoms with E-state index in [-0.39, 0.29) is 0 Å². The van der Waals surface area contributed by atoms with E-state index in [9.17, 15) is 0 Å². The normalized spacial score (nSPS) is 13.9. The minimum Gasteiger partial charge on any atom is -0.373 e. The molecule has 0 atom stereocenters. The smallest absolute Gasteiger partial charge is 0.180 e. The fraction of sp³-hybridized carbons (Fsp3) is 0.438. The van der Waals surface area contributed by atoms with Crippen molar-refractivity contribution in [3.63, 3.8) is 0 Å². The molecule has 3 rings (SSSR count). The summed E-state index contributed by atoms with van der Waals surface area (Å²) in [6.07, 6.45) is 6.44. The van der Waals surface area contributed by atoms with E-state index in [1.54, 1.807) is 0 Å². The van der Waals surface area contributed by atoms with Gasteiger partial charge in [-0.2, -0.15) is 0 Å². The maximum Gasteiger partial charge on any atom is 0.180 e. The Morgan fingerprint density at radius 1 is 1.10 bits per heavy atom. The first-order valence-corrected chi connectivity index (χ1v) is 7.20. The molecule has 2 aromatic heterocycles. The fourth-order valence-electron chi connectivity index (χ4n) is 2.86. The summed E-state index contributed by atoms with van der Waals surface area (Å²) in [7, 11) is 1.93. The Bertz CT molecular complexity index is 632. The molecule has 1 aliphatic carbocycles. The number of nitrogens with one attached hydrogen (secondary N) is 1. The first-order valence-electron chi connectivity index (χ1n) is 7.20. The van der Waals surface area contributed by atoms with Crippen molar-refractivity contribution >= 4 is 5.82 Å². The first kappa shape index (κ1) is 13.0. The highest BCUT2D eigenvalue weighted by molar-refractivity contribution is 5.60. The van der Waals surface area contributed by atoms with Crippen LogP contribution in [0.15, 0.2) is 12.3 Å². The zero-order valence-corrected chi connectivity index (χ0v) is 12.3. The molecule has 1 aliphatic rings. The van der Waals surface area contributed by atoms with Crippen LogP contribution in [-0.4, -0.2) is 22.0 Å². The van der Waals surface area contributed by atoms with Gasteiger partial charge in [0.1, 0.15) is 11.5 Å². The molecule has 4 heteroatoms. The van der Waals surface area contributed by atoms with Crippen LogP contribution in [0.4, 0.5) is 5.82 Å². The Morgan fingerprint density at radius 2 is 1.90 bits per heavy atom. The van der Waals surface area contributed by atoms with Crippen molar-refractivity contribution in [1.29, 1.82) is 0 Å². The van der Waals surface area contributed by atoms with Crippen molar-refractivity contribution < 1.29 is 0 Å². The van der Waals surface area contributed by atoms with Crippen molar-refractivity contribution in [2.75, 3.05) is 12.4 Å². The molecule has 0 amide bonds. The molecule has 0 radical (unpaired) electrons. The quantitative estimate of drug-likeness (QED) is 0.909. The Kier molecular flexibility index (Phi) is 3.38. The molecule has 4 nitrogen and oxygen atoms in total. The number of anilines is 1. The van der Waals surface area contributed by atoms with E-state index in [4.69, 9.17) is 4.98 Å². The summed E-state index contributed by atoms with van der Waals surface area (Å²) in [4.78, 5) is 14.0. The Morgan fingerprint density at radius 3 is 2.65 bits per heavy atom. The third-order valence-corrected chi connectivity index (χ3v) is 3.85. The molecule has 0 saturated carbocycles. The van der Waals surface area contributed by atoms with Gasteiger partial charge in [-0.25, -0.2) is 9.97 Å². The highest BCUT2D eigenvalue weighted by Crippen LogP contribution is 2.28. The van der Waals surface area contributed by atoms with Gasteiger partial charge in [0.25, 0.3) is 0 Å². The lowest BCUT2D eigenvalue weighted by atomic mass is 9.96. The van der Waals surface area contributed by atoms with Crippen LogP contribution in [0, 0.1) is 13.8 Å². The van der Waals surface area contributed by atoms with Gasteiger partial charge in [-0.3, -0.25) is 4.98 Å². The first-order chi connectivity index (χ1) is 9.69. The molecule has 0 aromatic carbocycles. The van der Waals surface area contributed by atoms with Crippen molar-refractivity contribution in [3.8, 4) is 11.5 Å². The maximum absolute atomic E-state index is 4.77. The van der Waals surface area contributed by atoms with Gasteiger partial charge in [0, 0.05) is 24.5 Å². The molecule has 104 valence electrons. The molecule has 1 N–H and O–H groups in total. The third-order valence-electron chi connectivity index (χ3n) is 3.85. The summed E-state index contributed by atoms with van der Waals surface area (Å²) in [6.45, 7) is 4.12. The minimum atomic E-state index is 0.743. The van der Waals surface area contributed by atoms with Gasteiger partial charge < -0.3 is 5.32 Å². The monoisotopic (exact) mass is 268 g/mol. The topological polar surface area (TPSA) is 50.7 Å². The van der Waals surface area contributed by atoms with Gasteiger partial charge >= 0.3 is 0 Å². The van der Waals surface area contributed by atoms with Gasteiger partial charge in [-0.1, -0.05) is 6.07 Å². The standard InChI is InChI=1S/C16H20N4/c1-10-8-11(2)14(18-9-10)16-19-13-7-5-4-6-12(13)15(17-3)20-16/h8-9H,4-7H2,1-3H3,(H,17,19,20). The number of aryl methyl sites for hydroxylation is 3. The molecule has 0 aliphatic heterocycles. The predicted molar refractivity (Wildman–Crippen MR) is 80.9 cm³/mol. The van der Waals surface area contributed by atoms with Crippen LogP contribution in [0.1, 0.15) is 35.2 Å². The van der Waals surface area contributed by atoms with E-state index < -0.39 is 0 Å². The third kappa shape index (κ3) is 2.26. The lowest BCUT2D eigenvalue weighted by Gasteiger charge is -2.19. The van der Waals surface area contributed by atoms with Crippen LogP contribution >= 0.6 is 0 Å². The van der Waals surface area contributed by atoms with E-state index in [0.29, 0.717) is 0 Å². The second-order valence-electron chi connectivity index (χ2n) is 5.46. The maximum atomic E-state index is 4.77. The fourth-order valence-corrected chi connectivity index (χ4v) is 2.86. The largest absolute Gasteiger partial charge is 0.373 e. The molecule has 0 fully saturated rings. The molecular weight excluding hydrogens is 248 g/mol. The van der Waals surface area contributed by atoms with E-state index in [1.807, 2.05) is 13.2 Å². The summed E-state index contributed by atoms with van der Waals surface area (Å²) in [5.41, 5.74) is 5.65. The van der Waals surface area contributed by atoms with E-state index in [0.717, 1.165) is 41.3 Å². The zero-order valence-electron chi connectivity index (χ0n) is 12.3. The minimum absolute atomic E-state index is 0.743. The summed E-state index contributed by atoms with van der Waals surface area (Å²) < 4.78 is 0. The summed E-state index contributed by atoms with van der Waals surface area (Å²) in [6, 6.07) is 2.13. The summed E-state index contributed by atoms with van der Waals surface area (Å²) in [5.74, 6) is 1.71. The van der Waals surface area contributed by atoms with Gasteiger partial charge in [0.15, 0.2) is 5.82 Å². The van der Waals surface area contributed by atoms with Gasteiger partial charge in [-0.15, -0.1) is 0 Å². The summed E-state index contributed by atoms with van der Waals surface area (Å²) in [5, 5.41) is 3.22. The molecule has 0 spiro atoms. The molecule has 2 aromatic rings. The van der Waals surface area contributed by atoms with E-state index in [1.165, 1.54) is 24.1 Å². The Labute approximate surface area is 119 Å². The van der Waals surface area contributed by atoms with Gasteiger partial charge in [0.2, 0.25) is 0 Å². The predicted octanol–water partition coefficient (Wildman–Crippen LogP) is 3.08. The number of rotatable bonds is 2. The van der Waals surface area contributed by atoms with E-state index >= 15 is 0 Å². The molecule has 0 bridgehead atoms. The Hall–Kier alpha value is -1.97. The number of nitrogens with zero attached hydrogens (tertiary/aromatic N) is 3. The molecular formula is C16H20N4. The summed E-state index contributed by atoms with van der Waals surface area (Å²) >= 11 is 0. The SMILES string of the molecule is CNc1nc(-c2ncc(C)cc2C)nc2c1CCCC2. The van der Waals surface area contributed by atoms with Crippen molar-refractivity contribution in [3.05, 3.63) is 34.6 Å². The lowest BCUT2D eigenvalue weighted by Crippen LogP contribution is -2.12. The van der Waals surface area contributed by atoms with Crippen LogP contribution in [0.2, 0.25) is 0 Å². The van der Waals surface area contributed by atoms with Crippen molar-refractivity contribution in [2.45, 2.75) is 39.5 Å². The number of aromatic nitrogens is 3. The molecule has 2 heterocycles. The average Bonchev–Trinajstić information content (AvgIpc) is 2.46.